The molecule has 0 N–H and O–H groups in total. The lowest BCUT2D eigenvalue weighted by atomic mass is 9.99. The van der Waals surface area contributed by atoms with Crippen molar-refractivity contribution in [2.24, 2.45) is 0 Å². The first-order valence-electron chi connectivity index (χ1n) is 24.4. The molecule has 9 aromatic carbocycles. The first-order valence-corrected chi connectivity index (χ1v) is 24.4. The van der Waals surface area contributed by atoms with Crippen molar-refractivity contribution in [3.63, 3.8) is 0 Å². The van der Waals surface area contributed by atoms with E-state index in [-0.39, 0.29) is 0 Å². The maximum Gasteiger partial charge on any atom is 0.177 e. The molecule has 0 fully saturated rings. The second kappa shape index (κ2) is 18.4. The fourth-order valence-electron chi connectivity index (χ4n) is 10.4. The summed E-state index contributed by atoms with van der Waals surface area (Å²) in [5.74, 6) is 1.59. The molecule has 0 aliphatic rings. The minimum atomic E-state index is 0.412. The molecular formula is C66H36N10. The van der Waals surface area contributed by atoms with Crippen LogP contribution in [0.1, 0.15) is 11.1 Å². The van der Waals surface area contributed by atoms with Crippen LogP contribution in [0.3, 0.4) is 0 Å². The molecule has 4 heterocycles. The van der Waals surface area contributed by atoms with Gasteiger partial charge >= 0.3 is 0 Å². The zero-order valence-electron chi connectivity index (χ0n) is 40.3. The lowest BCUT2D eigenvalue weighted by molar-refractivity contribution is 1.07. The lowest BCUT2D eigenvalue weighted by Crippen LogP contribution is -2.04. The van der Waals surface area contributed by atoms with Gasteiger partial charge in [0, 0.05) is 50.0 Å². The van der Waals surface area contributed by atoms with Crippen molar-refractivity contribution >= 4 is 55.0 Å². The van der Waals surface area contributed by atoms with E-state index in [1.807, 2.05) is 128 Å². The summed E-state index contributed by atoms with van der Waals surface area (Å²) in [5, 5.41) is 23.8. The van der Waals surface area contributed by atoms with Crippen LogP contribution in [0.15, 0.2) is 219 Å². The molecule has 10 heteroatoms. The van der Waals surface area contributed by atoms with E-state index in [2.05, 4.69) is 110 Å². The second-order valence-electron chi connectivity index (χ2n) is 18.3. The van der Waals surface area contributed by atoms with Crippen LogP contribution < -0.4 is 0 Å². The van der Waals surface area contributed by atoms with Crippen molar-refractivity contribution in [3.8, 4) is 91.2 Å². The highest BCUT2D eigenvalue weighted by Gasteiger charge is 2.24. The Morgan fingerprint density at radius 1 is 0.368 bits per heavy atom. The lowest BCUT2D eigenvalue weighted by Gasteiger charge is -2.19. The van der Waals surface area contributed by atoms with Crippen LogP contribution in [0.4, 0.5) is 11.4 Å². The summed E-state index contributed by atoms with van der Waals surface area (Å²) in [6, 6.07) is 74.5. The Balaban J connectivity index is 1.08. The molecule has 350 valence electrons. The predicted molar refractivity (Wildman–Crippen MR) is 301 cm³/mol. The average Bonchev–Trinajstić information content (AvgIpc) is 4.10. The predicted octanol–water partition coefficient (Wildman–Crippen LogP) is 16.3. The molecule has 76 heavy (non-hydrogen) atoms. The number of pyridine rings is 1. The van der Waals surface area contributed by atoms with Gasteiger partial charge in [-0.15, -0.1) is 0 Å². The summed E-state index contributed by atoms with van der Waals surface area (Å²) in [6.45, 7) is 15.5. The number of para-hydroxylation sites is 2. The van der Waals surface area contributed by atoms with Crippen molar-refractivity contribution in [2.45, 2.75) is 0 Å². The Hall–Kier alpha value is -11.3. The molecule has 0 aliphatic heterocycles. The van der Waals surface area contributed by atoms with Crippen molar-refractivity contribution in [1.82, 2.24) is 29.1 Å². The molecule has 0 spiro atoms. The molecule has 10 nitrogen and oxygen atoms in total. The highest BCUT2D eigenvalue weighted by molar-refractivity contribution is 6.13. The zero-order valence-corrected chi connectivity index (χ0v) is 40.3. The van der Waals surface area contributed by atoms with Gasteiger partial charge in [-0.25, -0.2) is 24.6 Å². The van der Waals surface area contributed by atoms with Crippen LogP contribution in [0, 0.1) is 35.8 Å². The van der Waals surface area contributed by atoms with Gasteiger partial charge in [0.1, 0.15) is 0 Å². The molecule has 0 saturated carbocycles. The van der Waals surface area contributed by atoms with Gasteiger partial charge in [0.15, 0.2) is 28.8 Å². The average molecular weight is 969 g/mol. The second-order valence-corrected chi connectivity index (χ2v) is 18.3. The summed E-state index contributed by atoms with van der Waals surface area (Å²) >= 11 is 0. The third-order valence-electron chi connectivity index (χ3n) is 13.8. The van der Waals surface area contributed by atoms with Gasteiger partial charge in [-0.3, -0.25) is 4.98 Å². The van der Waals surface area contributed by atoms with E-state index < -0.39 is 0 Å². The van der Waals surface area contributed by atoms with Crippen LogP contribution in [0.5, 0.6) is 0 Å². The van der Waals surface area contributed by atoms with Crippen molar-refractivity contribution in [3.05, 3.63) is 252 Å². The number of nitriles is 2. The van der Waals surface area contributed by atoms with Crippen LogP contribution in [0.2, 0.25) is 0 Å². The summed E-state index contributed by atoms with van der Waals surface area (Å²) < 4.78 is 4.55. The van der Waals surface area contributed by atoms with Crippen molar-refractivity contribution in [2.75, 3.05) is 0 Å². The van der Waals surface area contributed by atoms with Gasteiger partial charge in [-0.1, -0.05) is 127 Å². The Morgan fingerprint density at radius 2 is 0.842 bits per heavy atom. The van der Waals surface area contributed by atoms with E-state index in [1.54, 1.807) is 12.1 Å². The van der Waals surface area contributed by atoms with E-state index in [0.29, 0.717) is 45.7 Å². The summed E-state index contributed by atoms with van der Waals surface area (Å²) in [4.78, 5) is 28.0. The summed E-state index contributed by atoms with van der Waals surface area (Å²) in [5.41, 5.74) is 14.6. The molecule has 0 unspecified atom stereocenters. The normalized spacial score (nSPS) is 11.1. The Kier molecular flexibility index (Phi) is 10.8. The standard InChI is InChI=1S/C66H36N10/c1-69-50-33-49(34-51(38-50)70-2)46-24-26-59-54(36-46)52-18-9-11-20-57(52)75(59)61-28-25-47(66-73-64(43-14-5-3-6-15-43)72-65(74-66)44-16-7-4-8-17-44)37-56(61)63-62(22-13-29-71-63)76-58-21-12-10-19-53(58)55-35-45(23-27-60(55)76)48-31-41(39-67)30-42(32-48)40-68/h3-38H. The number of benzene rings is 9. The number of hydrogen-bond acceptors (Lipinski definition) is 6. The van der Waals surface area contributed by atoms with Gasteiger partial charge in [-0.05, 0) is 107 Å². The van der Waals surface area contributed by atoms with Crippen molar-refractivity contribution in [1.29, 1.82) is 10.5 Å². The largest absolute Gasteiger partial charge is 0.309 e. The minimum absolute atomic E-state index is 0.412. The molecule has 13 aromatic rings. The molecule has 0 radical (unpaired) electrons. The fourth-order valence-corrected chi connectivity index (χ4v) is 10.4. The summed E-state index contributed by atoms with van der Waals surface area (Å²) in [7, 11) is 0. The molecule has 0 bridgehead atoms. The van der Waals surface area contributed by atoms with Crippen LogP contribution in [0.25, 0.3) is 132 Å². The number of rotatable bonds is 8. The maximum atomic E-state index is 9.87. The molecule has 0 saturated heterocycles. The van der Waals surface area contributed by atoms with E-state index in [0.717, 1.165) is 99.5 Å². The molecule has 0 amide bonds. The van der Waals surface area contributed by atoms with Crippen LogP contribution in [-0.2, 0) is 0 Å². The molecule has 4 aromatic heterocycles. The Bertz CT molecular complexity index is 4570. The SMILES string of the molecule is [C-]#[N+]c1cc([N+]#[C-])cc(-c2ccc3c(c2)c2ccccc2n3-c2ccc(-c3nc(-c4ccccc4)nc(-c4ccccc4)n3)cc2-c2ncccc2-n2c3ccccc3c3cc(-c4cc(C#N)cc(C#N)c4)ccc32)c1. The summed E-state index contributed by atoms with van der Waals surface area (Å²) in [6.07, 6.45) is 1.83. The van der Waals surface area contributed by atoms with E-state index >= 15 is 0 Å². The van der Waals surface area contributed by atoms with Gasteiger partial charge in [0.2, 0.25) is 0 Å². The number of aromatic nitrogens is 6. The third kappa shape index (κ3) is 7.64. The van der Waals surface area contributed by atoms with Gasteiger partial charge in [0.25, 0.3) is 0 Å². The van der Waals surface area contributed by atoms with E-state index in [9.17, 15) is 10.5 Å². The first-order chi connectivity index (χ1) is 37.5. The highest BCUT2D eigenvalue weighted by Crippen LogP contribution is 2.43. The molecule has 0 atom stereocenters. The van der Waals surface area contributed by atoms with E-state index in [1.165, 1.54) is 0 Å². The number of fused-ring (bicyclic) bond motifs is 6. The molecular weight excluding hydrogens is 933 g/mol. The smallest absolute Gasteiger partial charge is 0.177 e. The van der Waals surface area contributed by atoms with Crippen molar-refractivity contribution < 1.29 is 0 Å². The van der Waals surface area contributed by atoms with Gasteiger partial charge < -0.3 is 9.13 Å². The number of hydrogen-bond donors (Lipinski definition) is 0. The zero-order chi connectivity index (χ0) is 51.3. The highest BCUT2D eigenvalue weighted by atomic mass is 15.0. The molecule has 13 rings (SSSR count). The fraction of sp³-hybridized carbons (Fsp3) is 0. The topological polar surface area (TPSA) is 118 Å². The van der Waals surface area contributed by atoms with Crippen LogP contribution >= 0.6 is 0 Å². The van der Waals surface area contributed by atoms with Gasteiger partial charge in [0.05, 0.1) is 75.5 Å². The Labute approximate surface area is 436 Å². The molecule has 0 aliphatic carbocycles. The minimum Gasteiger partial charge on any atom is -0.309 e. The quantitative estimate of drug-likeness (QED) is 0.140. The van der Waals surface area contributed by atoms with Crippen LogP contribution in [-0.4, -0.2) is 29.1 Å². The first kappa shape index (κ1) is 44.6. The number of nitrogens with zero attached hydrogens (tertiary/aromatic N) is 10. The van der Waals surface area contributed by atoms with Gasteiger partial charge in [-0.2, -0.15) is 10.5 Å². The third-order valence-corrected chi connectivity index (χ3v) is 13.8. The maximum absolute atomic E-state index is 9.87. The monoisotopic (exact) mass is 968 g/mol. The Morgan fingerprint density at radius 3 is 1.38 bits per heavy atom. The van der Waals surface area contributed by atoms with E-state index in [4.69, 9.17) is 33.1 Å².